The van der Waals surface area contributed by atoms with Gasteiger partial charge in [-0.2, -0.15) is 0 Å². The fourth-order valence-electron chi connectivity index (χ4n) is 2.92. The van der Waals surface area contributed by atoms with Crippen molar-refractivity contribution in [2.75, 3.05) is 26.7 Å². The SMILES string of the molecule is CN(C(N)=NCCC1CCCN(C(=O)OC(C)(C)C)C1)C1CC1.I. The van der Waals surface area contributed by atoms with Crippen LogP contribution in [0.3, 0.4) is 0 Å². The number of rotatable bonds is 4. The minimum Gasteiger partial charge on any atom is -0.444 e. The van der Waals surface area contributed by atoms with E-state index in [2.05, 4.69) is 9.89 Å². The zero-order valence-corrected chi connectivity index (χ0v) is 17.8. The van der Waals surface area contributed by atoms with Gasteiger partial charge in [0.25, 0.3) is 0 Å². The summed E-state index contributed by atoms with van der Waals surface area (Å²) in [5.74, 6) is 1.13. The number of aliphatic imine (C=N–C) groups is 1. The summed E-state index contributed by atoms with van der Waals surface area (Å²) in [7, 11) is 2.02. The fraction of sp³-hybridized carbons (Fsp3) is 0.882. The quantitative estimate of drug-likeness (QED) is 0.405. The first-order chi connectivity index (χ1) is 10.8. The van der Waals surface area contributed by atoms with Crippen LogP contribution in [-0.4, -0.2) is 60.2 Å². The summed E-state index contributed by atoms with van der Waals surface area (Å²) in [6.07, 6.45) is 5.40. The van der Waals surface area contributed by atoms with Gasteiger partial charge in [0.15, 0.2) is 5.96 Å². The maximum Gasteiger partial charge on any atom is 0.410 e. The van der Waals surface area contributed by atoms with Crippen LogP contribution in [0.25, 0.3) is 0 Å². The molecule has 6 nitrogen and oxygen atoms in total. The van der Waals surface area contributed by atoms with Crippen LogP contribution in [0.1, 0.15) is 52.9 Å². The Hall–Kier alpha value is -0.730. The average molecular weight is 452 g/mol. The molecule has 1 amide bonds. The Labute approximate surface area is 163 Å². The first-order valence-electron chi connectivity index (χ1n) is 8.77. The molecule has 1 aliphatic heterocycles. The van der Waals surface area contributed by atoms with Gasteiger partial charge in [0.05, 0.1) is 0 Å². The lowest BCUT2D eigenvalue weighted by molar-refractivity contribution is 0.0163. The number of hydrogen-bond acceptors (Lipinski definition) is 3. The molecule has 0 bridgehead atoms. The summed E-state index contributed by atoms with van der Waals surface area (Å²) in [5, 5.41) is 0. The first-order valence-corrected chi connectivity index (χ1v) is 8.77. The number of amides is 1. The Morgan fingerprint density at radius 1 is 1.33 bits per heavy atom. The number of hydrogen-bond donors (Lipinski definition) is 1. The molecule has 0 aromatic heterocycles. The molecule has 2 rings (SSSR count). The molecule has 1 unspecified atom stereocenters. The Morgan fingerprint density at radius 3 is 2.58 bits per heavy atom. The van der Waals surface area contributed by atoms with Gasteiger partial charge in [-0.1, -0.05) is 0 Å². The van der Waals surface area contributed by atoms with Crippen molar-refractivity contribution in [1.82, 2.24) is 9.80 Å². The highest BCUT2D eigenvalue weighted by molar-refractivity contribution is 14.0. The van der Waals surface area contributed by atoms with Crippen LogP contribution in [-0.2, 0) is 4.74 Å². The Morgan fingerprint density at radius 2 is 2.00 bits per heavy atom. The highest BCUT2D eigenvalue weighted by Gasteiger charge is 2.28. The van der Waals surface area contributed by atoms with Gasteiger partial charge in [0.1, 0.15) is 5.60 Å². The normalized spacial score (nSPS) is 21.9. The minimum absolute atomic E-state index is 0. The largest absolute Gasteiger partial charge is 0.444 e. The van der Waals surface area contributed by atoms with Gasteiger partial charge >= 0.3 is 6.09 Å². The molecule has 140 valence electrons. The molecule has 2 N–H and O–H groups in total. The van der Waals surface area contributed by atoms with Crippen molar-refractivity contribution in [3.05, 3.63) is 0 Å². The van der Waals surface area contributed by atoms with Crippen LogP contribution in [0.2, 0.25) is 0 Å². The Bertz CT molecular complexity index is 446. The molecule has 0 spiro atoms. The molecule has 1 saturated heterocycles. The van der Waals surface area contributed by atoms with E-state index in [1.165, 1.54) is 12.8 Å². The molecule has 2 aliphatic rings. The van der Waals surface area contributed by atoms with Crippen molar-refractivity contribution in [2.45, 2.75) is 64.5 Å². The third-order valence-electron chi connectivity index (χ3n) is 4.44. The van der Waals surface area contributed by atoms with Crippen molar-refractivity contribution in [3.63, 3.8) is 0 Å². The summed E-state index contributed by atoms with van der Waals surface area (Å²) in [6, 6.07) is 0.594. The van der Waals surface area contributed by atoms with Crippen molar-refractivity contribution >= 4 is 36.0 Å². The predicted octanol–water partition coefficient (Wildman–Crippen LogP) is 3.05. The number of nitrogens with zero attached hydrogens (tertiary/aromatic N) is 3. The third kappa shape index (κ3) is 7.03. The molecule has 1 heterocycles. The van der Waals surface area contributed by atoms with Gasteiger partial charge in [-0.25, -0.2) is 4.79 Å². The van der Waals surface area contributed by atoms with Crippen LogP contribution in [0, 0.1) is 5.92 Å². The standard InChI is InChI=1S/C17H32N4O2.HI/c1-17(2,3)23-16(22)21-11-5-6-13(12-21)9-10-19-15(18)20(4)14-7-8-14;/h13-14H,5-12H2,1-4H3,(H2,18,19);1H. The highest BCUT2D eigenvalue weighted by Crippen LogP contribution is 2.25. The lowest BCUT2D eigenvalue weighted by atomic mass is 9.95. The van der Waals surface area contributed by atoms with E-state index in [-0.39, 0.29) is 30.1 Å². The molecule has 0 radical (unpaired) electrons. The van der Waals surface area contributed by atoms with E-state index >= 15 is 0 Å². The maximum absolute atomic E-state index is 12.2. The number of halogens is 1. The van der Waals surface area contributed by atoms with Crippen molar-refractivity contribution in [1.29, 1.82) is 0 Å². The molecule has 0 aromatic carbocycles. The topological polar surface area (TPSA) is 71.2 Å². The van der Waals surface area contributed by atoms with E-state index in [9.17, 15) is 4.79 Å². The van der Waals surface area contributed by atoms with E-state index in [1.807, 2.05) is 32.7 Å². The minimum atomic E-state index is -0.434. The molecule has 1 atom stereocenters. The molecule has 7 heteroatoms. The van der Waals surface area contributed by atoms with E-state index in [1.54, 1.807) is 0 Å². The zero-order chi connectivity index (χ0) is 17.0. The van der Waals surface area contributed by atoms with E-state index < -0.39 is 5.60 Å². The number of ether oxygens (including phenoxy) is 1. The highest BCUT2D eigenvalue weighted by atomic mass is 127. The van der Waals surface area contributed by atoms with E-state index in [0.717, 1.165) is 38.9 Å². The van der Waals surface area contributed by atoms with Crippen molar-refractivity contribution in [3.8, 4) is 0 Å². The van der Waals surface area contributed by atoms with Crippen LogP contribution < -0.4 is 5.73 Å². The van der Waals surface area contributed by atoms with Gasteiger partial charge in [-0.05, 0) is 58.8 Å². The van der Waals surface area contributed by atoms with E-state index in [4.69, 9.17) is 10.5 Å². The van der Waals surface area contributed by atoms with E-state index in [0.29, 0.717) is 17.9 Å². The number of nitrogens with two attached hydrogens (primary N) is 1. The van der Waals surface area contributed by atoms with Crippen LogP contribution >= 0.6 is 24.0 Å². The Kier molecular flexibility index (Phi) is 8.08. The molecular formula is C17H33IN4O2. The lowest BCUT2D eigenvalue weighted by Crippen LogP contribution is -2.43. The number of carbonyl (C=O) groups excluding carboxylic acids is 1. The van der Waals surface area contributed by atoms with Gasteiger partial charge in [-0.15, -0.1) is 24.0 Å². The van der Waals surface area contributed by atoms with Gasteiger partial charge in [0, 0.05) is 32.7 Å². The summed E-state index contributed by atoms with van der Waals surface area (Å²) in [6.45, 7) is 8.00. The third-order valence-corrected chi connectivity index (χ3v) is 4.44. The summed E-state index contributed by atoms with van der Waals surface area (Å²) < 4.78 is 5.47. The summed E-state index contributed by atoms with van der Waals surface area (Å²) in [4.78, 5) is 20.6. The maximum atomic E-state index is 12.2. The molecule has 1 aliphatic carbocycles. The smallest absolute Gasteiger partial charge is 0.410 e. The summed E-state index contributed by atoms with van der Waals surface area (Å²) in [5.41, 5.74) is 5.58. The molecule has 0 aromatic rings. The van der Waals surface area contributed by atoms with Crippen molar-refractivity contribution in [2.24, 2.45) is 16.6 Å². The second kappa shape index (κ2) is 9.10. The zero-order valence-electron chi connectivity index (χ0n) is 15.5. The average Bonchev–Trinajstić information content (AvgIpc) is 3.29. The van der Waals surface area contributed by atoms with Crippen LogP contribution in [0.5, 0.6) is 0 Å². The van der Waals surface area contributed by atoms with Crippen LogP contribution in [0.4, 0.5) is 4.79 Å². The van der Waals surface area contributed by atoms with Gasteiger partial charge < -0.3 is 20.3 Å². The summed E-state index contributed by atoms with van der Waals surface area (Å²) >= 11 is 0. The molecule has 24 heavy (non-hydrogen) atoms. The van der Waals surface area contributed by atoms with Gasteiger partial charge in [-0.3, -0.25) is 4.99 Å². The number of piperidine rings is 1. The monoisotopic (exact) mass is 452 g/mol. The number of carbonyl (C=O) groups is 1. The van der Waals surface area contributed by atoms with Gasteiger partial charge in [0.2, 0.25) is 0 Å². The second-order valence-electron chi connectivity index (χ2n) is 7.81. The first kappa shape index (κ1) is 21.3. The Balaban J connectivity index is 0.00000288. The van der Waals surface area contributed by atoms with Crippen LogP contribution in [0.15, 0.2) is 4.99 Å². The molecule has 1 saturated carbocycles. The second-order valence-corrected chi connectivity index (χ2v) is 7.81. The molecule has 2 fully saturated rings. The fourth-order valence-corrected chi connectivity index (χ4v) is 2.92. The number of likely N-dealkylation sites (tertiary alicyclic amines) is 1. The van der Waals surface area contributed by atoms with Crippen molar-refractivity contribution < 1.29 is 9.53 Å². The molecular weight excluding hydrogens is 419 g/mol. The predicted molar refractivity (Wildman–Crippen MR) is 108 cm³/mol. The number of guanidine groups is 1. The lowest BCUT2D eigenvalue weighted by Gasteiger charge is -2.34.